The highest BCUT2D eigenvalue weighted by Crippen LogP contribution is 2.37. The second-order valence-corrected chi connectivity index (χ2v) is 8.52. The van der Waals surface area contributed by atoms with Crippen LogP contribution in [0.1, 0.15) is 36.7 Å². The number of carbonyl (C=O) groups excluding carboxylic acids is 1. The number of pyridine rings is 1. The first kappa shape index (κ1) is 20.7. The fraction of sp³-hybridized carbons (Fsp3) is 0.227. The Balaban J connectivity index is 0.00000117. The maximum atomic E-state index is 11.6. The first-order valence-corrected chi connectivity index (χ1v) is 10.1. The molecule has 3 heterocycles. The molecular weight excluding hydrogens is 382 g/mol. The summed E-state index contributed by atoms with van der Waals surface area (Å²) in [5.41, 5.74) is 9.29. The number of aromatic amines is 1. The average Bonchev–Trinajstić information content (AvgIpc) is 3.35. The molecule has 3 aromatic heterocycles. The first-order chi connectivity index (χ1) is 13.9. The number of aldehydes is 1. The Bertz CT molecular complexity index is 1110. The quantitative estimate of drug-likeness (QED) is 0.408. The molecule has 4 N–H and O–H groups in total. The van der Waals surface area contributed by atoms with Crippen LogP contribution in [0.15, 0.2) is 48.7 Å². The van der Waals surface area contributed by atoms with Crippen molar-refractivity contribution >= 4 is 39.5 Å². The lowest BCUT2D eigenvalue weighted by atomic mass is 9.86. The van der Waals surface area contributed by atoms with E-state index >= 15 is 0 Å². The number of thiophene rings is 1. The number of anilines is 2. The molecule has 0 spiro atoms. The minimum Gasteiger partial charge on any atom is -0.333 e. The van der Waals surface area contributed by atoms with E-state index in [4.69, 9.17) is 0 Å². The van der Waals surface area contributed by atoms with Gasteiger partial charge in [-0.2, -0.15) is 5.10 Å². The maximum absolute atomic E-state index is 11.6. The molecule has 29 heavy (non-hydrogen) atoms. The summed E-state index contributed by atoms with van der Waals surface area (Å²) in [5.74, 6) is 0.684. The molecule has 0 fully saturated rings. The number of nitrogens with two attached hydrogens (primary N) is 1. The van der Waals surface area contributed by atoms with Crippen LogP contribution in [0.25, 0.3) is 21.5 Å². The van der Waals surface area contributed by atoms with E-state index in [0.29, 0.717) is 11.4 Å². The molecule has 1 aromatic carbocycles. The Hall–Kier alpha value is -3.03. The van der Waals surface area contributed by atoms with Gasteiger partial charge < -0.3 is 11.1 Å². The number of carbonyl (C=O) groups is 1. The van der Waals surface area contributed by atoms with Crippen LogP contribution in [-0.4, -0.2) is 28.5 Å². The van der Waals surface area contributed by atoms with E-state index in [1.54, 1.807) is 17.5 Å². The highest BCUT2D eigenvalue weighted by molar-refractivity contribution is 7.19. The minimum absolute atomic E-state index is 0.117. The van der Waals surface area contributed by atoms with Gasteiger partial charge in [-0.05, 0) is 41.8 Å². The van der Waals surface area contributed by atoms with Crippen molar-refractivity contribution in [2.24, 2.45) is 5.73 Å². The largest absolute Gasteiger partial charge is 0.333 e. The lowest BCUT2D eigenvalue weighted by Crippen LogP contribution is -2.10. The van der Waals surface area contributed by atoms with Crippen LogP contribution in [-0.2, 0) is 5.41 Å². The highest BCUT2D eigenvalue weighted by Gasteiger charge is 2.15. The summed E-state index contributed by atoms with van der Waals surface area (Å²) in [4.78, 5) is 17.1. The molecule has 6 nitrogen and oxygen atoms in total. The molecule has 4 aromatic rings. The van der Waals surface area contributed by atoms with Gasteiger partial charge in [0.1, 0.15) is 16.3 Å². The van der Waals surface area contributed by atoms with Crippen molar-refractivity contribution < 1.29 is 4.79 Å². The number of fused-ring (bicyclic) bond motifs is 1. The molecule has 4 rings (SSSR count). The van der Waals surface area contributed by atoms with Gasteiger partial charge in [-0.25, -0.2) is 4.98 Å². The van der Waals surface area contributed by atoms with E-state index < -0.39 is 0 Å². The van der Waals surface area contributed by atoms with Crippen molar-refractivity contribution in [3.05, 3.63) is 59.8 Å². The lowest BCUT2D eigenvalue weighted by molar-refractivity contribution is 0.112. The third-order valence-corrected chi connectivity index (χ3v) is 5.58. The van der Waals surface area contributed by atoms with Crippen LogP contribution in [0.5, 0.6) is 0 Å². The smallest absolute Gasteiger partial charge is 0.153 e. The molecule has 0 radical (unpaired) electrons. The van der Waals surface area contributed by atoms with E-state index in [9.17, 15) is 4.79 Å². The molecule has 0 saturated carbocycles. The Morgan fingerprint density at radius 2 is 1.83 bits per heavy atom. The Morgan fingerprint density at radius 1 is 1.10 bits per heavy atom. The van der Waals surface area contributed by atoms with E-state index in [1.165, 1.54) is 12.6 Å². The summed E-state index contributed by atoms with van der Waals surface area (Å²) >= 11 is 1.55. The number of nitrogens with zero attached hydrogens (tertiary/aromatic N) is 2. The summed E-state index contributed by atoms with van der Waals surface area (Å²) in [6.07, 6.45) is 2.56. The van der Waals surface area contributed by atoms with E-state index in [0.717, 1.165) is 32.8 Å². The number of H-pyrrole nitrogens is 1. The summed E-state index contributed by atoms with van der Waals surface area (Å²) in [5, 5.41) is 10.9. The van der Waals surface area contributed by atoms with Gasteiger partial charge in [0.25, 0.3) is 0 Å². The topological polar surface area (TPSA) is 96.7 Å². The summed E-state index contributed by atoms with van der Waals surface area (Å²) in [6, 6.07) is 14.2. The number of hydrogen-bond donors (Lipinski definition) is 3. The molecule has 0 atom stereocenters. The molecule has 7 heteroatoms. The van der Waals surface area contributed by atoms with Crippen LogP contribution in [0.4, 0.5) is 10.8 Å². The fourth-order valence-corrected chi connectivity index (χ4v) is 3.92. The van der Waals surface area contributed by atoms with Crippen molar-refractivity contribution in [2.75, 3.05) is 12.4 Å². The van der Waals surface area contributed by atoms with Gasteiger partial charge in [0.2, 0.25) is 0 Å². The van der Waals surface area contributed by atoms with Crippen LogP contribution in [0, 0.1) is 0 Å². The van der Waals surface area contributed by atoms with Gasteiger partial charge in [-0.3, -0.25) is 9.89 Å². The van der Waals surface area contributed by atoms with Crippen molar-refractivity contribution in [3.63, 3.8) is 0 Å². The first-order valence-electron chi connectivity index (χ1n) is 9.29. The van der Waals surface area contributed by atoms with Gasteiger partial charge in [-0.1, -0.05) is 45.0 Å². The Kier molecular flexibility index (Phi) is 6.10. The Morgan fingerprint density at radius 3 is 2.48 bits per heavy atom. The Labute approximate surface area is 174 Å². The van der Waals surface area contributed by atoms with E-state index in [-0.39, 0.29) is 5.41 Å². The SMILES string of the molecule is CC(C)(C)c1ccc(-c2cc(C=O)c(Nc3ccc4[nH]ncc4n3)s2)cc1.CN. The number of benzene rings is 1. The van der Waals surface area contributed by atoms with Crippen LogP contribution >= 0.6 is 11.3 Å². The van der Waals surface area contributed by atoms with Crippen molar-refractivity contribution in [2.45, 2.75) is 26.2 Å². The van der Waals surface area contributed by atoms with Crippen LogP contribution < -0.4 is 11.1 Å². The number of rotatable bonds is 4. The number of nitrogens with one attached hydrogen (secondary N) is 2. The average molecular weight is 408 g/mol. The molecule has 0 saturated heterocycles. The van der Waals surface area contributed by atoms with Crippen LogP contribution in [0.3, 0.4) is 0 Å². The van der Waals surface area contributed by atoms with E-state index in [2.05, 4.69) is 71.3 Å². The second kappa shape index (κ2) is 8.55. The molecule has 0 aliphatic heterocycles. The van der Waals surface area contributed by atoms with Gasteiger partial charge in [0, 0.05) is 10.4 Å². The fourth-order valence-electron chi connectivity index (χ4n) is 2.88. The van der Waals surface area contributed by atoms with Crippen molar-refractivity contribution in [1.82, 2.24) is 15.2 Å². The monoisotopic (exact) mass is 407 g/mol. The third-order valence-electron chi connectivity index (χ3n) is 4.46. The maximum Gasteiger partial charge on any atom is 0.153 e. The second-order valence-electron chi connectivity index (χ2n) is 7.46. The van der Waals surface area contributed by atoms with Gasteiger partial charge >= 0.3 is 0 Å². The normalized spacial score (nSPS) is 11.1. The zero-order valence-corrected chi connectivity index (χ0v) is 17.8. The molecule has 0 aliphatic rings. The minimum atomic E-state index is 0.117. The van der Waals surface area contributed by atoms with Crippen LogP contribution in [0.2, 0.25) is 0 Å². The lowest BCUT2D eigenvalue weighted by Gasteiger charge is -2.18. The van der Waals surface area contributed by atoms with Crippen molar-refractivity contribution in [1.29, 1.82) is 0 Å². The predicted octanol–water partition coefficient (Wildman–Crippen LogP) is 5.11. The van der Waals surface area contributed by atoms with E-state index in [1.807, 2.05) is 18.2 Å². The zero-order valence-electron chi connectivity index (χ0n) is 17.0. The molecule has 150 valence electrons. The summed E-state index contributed by atoms with van der Waals surface area (Å²) in [6.45, 7) is 6.59. The molecule has 0 unspecified atom stereocenters. The van der Waals surface area contributed by atoms with Gasteiger partial charge in [0.05, 0.1) is 11.7 Å². The van der Waals surface area contributed by atoms with Gasteiger partial charge in [-0.15, -0.1) is 11.3 Å². The molecule has 0 bridgehead atoms. The van der Waals surface area contributed by atoms with Gasteiger partial charge in [0.15, 0.2) is 6.29 Å². The summed E-state index contributed by atoms with van der Waals surface area (Å²) in [7, 11) is 1.50. The summed E-state index contributed by atoms with van der Waals surface area (Å²) < 4.78 is 0. The number of hydrogen-bond acceptors (Lipinski definition) is 6. The standard InChI is InChI=1S/C21H20N4OS.CH5N/c1-21(2,3)15-6-4-13(5-7-15)18-10-14(12-26)20(27-18)24-19-9-8-16-17(23-19)11-22-25-16;1-2/h4-12H,1-3H3,(H,22,25)(H,23,24);2H2,1H3. The van der Waals surface area contributed by atoms with Crippen molar-refractivity contribution in [3.8, 4) is 10.4 Å². The predicted molar refractivity (Wildman–Crippen MR) is 121 cm³/mol. The highest BCUT2D eigenvalue weighted by atomic mass is 32.1. The molecule has 0 amide bonds. The zero-order chi connectivity index (χ0) is 21.0. The third kappa shape index (κ3) is 4.52. The number of aromatic nitrogens is 3. The molecular formula is C22H25N5OS. The molecule has 0 aliphatic carbocycles.